The van der Waals surface area contributed by atoms with Crippen molar-refractivity contribution in [2.45, 2.75) is 6.92 Å². The maximum absolute atomic E-state index is 13.2. The molecule has 0 aliphatic rings. The lowest BCUT2D eigenvalue weighted by molar-refractivity contribution is 0.103. The normalized spacial score (nSPS) is 11.1. The Morgan fingerprint density at radius 3 is 2.37 bits per heavy atom. The molecule has 0 unspecified atom stereocenters. The number of pyridine rings is 1. The smallest absolute Gasteiger partial charge is 0.210 e. The Labute approximate surface area is 175 Å². The van der Waals surface area contributed by atoms with E-state index in [1.807, 2.05) is 78.2 Å². The number of aromatic nitrogens is 1. The molecule has 148 valence electrons. The first-order valence-electron chi connectivity index (χ1n) is 9.65. The Kier molecular flexibility index (Phi) is 5.31. The van der Waals surface area contributed by atoms with Gasteiger partial charge in [-0.3, -0.25) is 9.59 Å². The fourth-order valence-electron chi connectivity index (χ4n) is 3.52. The van der Waals surface area contributed by atoms with Crippen molar-refractivity contribution < 1.29 is 14.3 Å². The molecule has 0 spiro atoms. The second-order valence-corrected chi connectivity index (χ2v) is 7.00. The van der Waals surface area contributed by atoms with Crippen LogP contribution in [-0.2, 0) is 0 Å². The summed E-state index contributed by atoms with van der Waals surface area (Å²) in [7, 11) is 1.61. The van der Waals surface area contributed by atoms with Crippen LogP contribution in [0.25, 0.3) is 11.6 Å². The minimum Gasteiger partial charge on any atom is -0.497 e. The highest BCUT2D eigenvalue weighted by molar-refractivity contribution is 6.14. The van der Waals surface area contributed by atoms with Crippen molar-refractivity contribution in [3.63, 3.8) is 0 Å². The highest BCUT2D eigenvalue weighted by Gasteiger charge is 2.20. The van der Waals surface area contributed by atoms with Crippen LogP contribution in [-0.4, -0.2) is 23.1 Å². The Balaban J connectivity index is 1.74. The molecule has 0 aliphatic heterocycles. The van der Waals surface area contributed by atoms with Gasteiger partial charge in [0.25, 0.3) is 0 Å². The third-order valence-corrected chi connectivity index (χ3v) is 5.13. The van der Waals surface area contributed by atoms with Crippen molar-refractivity contribution in [1.29, 1.82) is 0 Å². The molecule has 2 heterocycles. The number of nitrogens with zero attached hydrogens (tertiary/aromatic N) is 1. The molecular formula is C26H21NO3. The van der Waals surface area contributed by atoms with Gasteiger partial charge in [-0.1, -0.05) is 48.5 Å². The summed E-state index contributed by atoms with van der Waals surface area (Å²) in [6, 6.07) is 22.2. The van der Waals surface area contributed by atoms with Gasteiger partial charge in [-0.15, -0.1) is 0 Å². The summed E-state index contributed by atoms with van der Waals surface area (Å²) in [6.45, 7) is 1.82. The van der Waals surface area contributed by atoms with Gasteiger partial charge in [0.05, 0.1) is 12.8 Å². The van der Waals surface area contributed by atoms with Gasteiger partial charge in [-0.25, -0.2) is 0 Å². The molecule has 4 aromatic rings. The minimum absolute atomic E-state index is 0.108. The molecular weight excluding hydrogens is 374 g/mol. The molecule has 2 aromatic carbocycles. The molecule has 0 bridgehead atoms. The average Bonchev–Trinajstić information content (AvgIpc) is 3.25. The monoisotopic (exact) mass is 395 g/mol. The molecule has 2 aromatic heterocycles. The third kappa shape index (κ3) is 3.67. The third-order valence-electron chi connectivity index (χ3n) is 5.13. The van der Waals surface area contributed by atoms with Gasteiger partial charge in [0, 0.05) is 22.8 Å². The van der Waals surface area contributed by atoms with Crippen LogP contribution in [0.1, 0.15) is 37.5 Å². The topological polar surface area (TPSA) is 47.8 Å². The molecule has 0 amide bonds. The van der Waals surface area contributed by atoms with Crippen molar-refractivity contribution in [1.82, 2.24) is 4.40 Å². The van der Waals surface area contributed by atoms with E-state index in [2.05, 4.69) is 0 Å². The lowest BCUT2D eigenvalue weighted by atomic mass is 9.97. The predicted molar refractivity (Wildman–Crippen MR) is 118 cm³/mol. The van der Waals surface area contributed by atoms with Crippen molar-refractivity contribution in [2.24, 2.45) is 0 Å². The predicted octanol–water partition coefficient (Wildman–Crippen LogP) is 5.38. The molecule has 0 N–H and O–H groups in total. The molecule has 0 saturated heterocycles. The van der Waals surface area contributed by atoms with Gasteiger partial charge >= 0.3 is 0 Å². The lowest BCUT2D eigenvalue weighted by Gasteiger charge is -2.13. The maximum Gasteiger partial charge on any atom is 0.210 e. The second kappa shape index (κ2) is 8.21. The van der Waals surface area contributed by atoms with Crippen molar-refractivity contribution >= 4 is 23.2 Å². The van der Waals surface area contributed by atoms with Crippen LogP contribution < -0.4 is 4.74 Å². The van der Waals surface area contributed by atoms with Crippen LogP contribution in [0, 0.1) is 6.92 Å². The van der Waals surface area contributed by atoms with E-state index in [0.717, 1.165) is 16.8 Å². The highest BCUT2D eigenvalue weighted by atomic mass is 16.5. The average molecular weight is 395 g/mol. The molecule has 0 fully saturated rings. The van der Waals surface area contributed by atoms with E-state index in [-0.39, 0.29) is 11.6 Å². The standard InChI is InChI=1S/C26H21NO3/c1-18-23(24(28)15-12-19-10-13-22(30-2)14-11-19)17-21-9-6-16-27(21)25(18)26(29)20-7-4-3-5-8-20/h3-17H,1-2H3/b15-12+. The Hall–Kier alpha value is -3.92. The van der Waals surface area contributed by atoms with Gasteiger partial charge in [0.2, 0.25) is 5.78 Å². The summed E-state index contributed by atoms with van der Waals surface area (Å²) in [4.78, 5) is 26.2. The van der Waals surface area contributed by atoms with Crippen molar-refractivity contribution in [3.8, 4) is 5.75 Å². The molecule has 0 radical (unpaired) electrons. The highest BCUT2D eigenvalue weighted by Crippen LogP contribution is 2.23. The zero-order valence-corrected chi connectivity index (χ0v) is 16.8. The number of hydrogen-bond donors (Lipinski definition) is 0. The minimum atomic E-state index is -0.144. The van der Waals surface area contributed by atoms with Crippen LogP contribution in [0.15, 0.2) is 85.1 Å². The first kappa shape index (κ1) is 19.4. The number of fused-ring (bicyclic) bond motifs is 1. The van der Waals surface area contributed by atoms with Gasteiger partial charge < -0.3 is 9.14 Å². The van der Waals surface area contributed by atoms with E-state index in [9.17, 15) is 9.59 Å². The number of allylic oxidation sites excluding steroid dienone is 1. The number of benzene rings is 2. The van der Waals surface area contributed by atoms with E-state index in [4.69, 9.17) is 4.74 Å². The number of methoxy groups -OCH3 is 1. The first-order valence-corrected chi connectivity index (χ1v) is 9.65. The van der Waals surface area contributed by atoms with Crippen LogP contribution in [0.4, 0.5) is 0 Å². The Morgan fingerprint density at radius 2 is 1.67 bits per heavy atom. The van der Waals surface area contributed by atoms with Crippen molar-refractivity contribution in [2.75, 3.05) is 7.11 Å². The van der Waals surface area contributed by atoms with E-state index in [0.29, 0.717) is 22.4 Å². The molecule has 0 aliphatic carbocycles. The molecule has 4 nitrogen and oxygen atoms in total. The van der Waals surface area contributed by atoms with E-state index in [1.54, 1.807) is 31.4 Å². The summed E-state index contributed by atoms with van der Waals surface area (Å²) in [5, 5.41) is 0. The molecule has 0 saturated carbocycles. The summed E-state index contributed by atoms with van der Waals surface area (Å²) in [5.74, 6) is 0.509. The number of rotatable bonds is 6. The summed E-state index contributed by atoms with van der Waals surface area (Å²) < 4.78 is 7.00. The quantitative estimate of drug-likeness (QED) is 0.325. The van der Waals surface area contributed by atoms with Crippen LogP contribution in [0.3, 0.4) is 0 Å². The number of ketones is 2. The molecule has 4 heteroatoms. The Morgan fingerprint density at radius 1 is 0.933 bits per heavy atom. The fourth-order valence-corrected chi connectivity index (χ4v) is 3.52. The molecule has 4 rings (SSSR count). The SMILES string of the molecule is COc1ccc(/C=C/C(=O)c2cc3cccn3c(C(=O)c3ccccc3)c2C)cc1. The summed E-state index contributed by atoms with van der Waals surface area (Å²) >= 11 is 0. The van der Waals surface area contributed by atoms with Gasteiger partial charge in [-0.05, 0) is 54.5 Å². The van der Waals surface area contributed by atoms with Gasteiger partial charge in [0.15, 0.2) is 5.78 Å². The number of ether oxygens (including phenoxy) is 1. The maximum atomic E-state index is 13.2. The van der Waals surface area contributed by atoms with Crippen molar-refractivity contribution in [3.05, 3.63) is 113 Å². The summed E-state index contributed by atoms with van der Waals surface area (Å²) in [6.07, 6.45) is 5.16. The fraction of sp³-hybridized carbons (Fsp3) is 0.0769. The zero-order valence-electron chi connectivity index (χ0n) is 16.8. The number of carbonyl (C=O) groups excluding carboxylic acids is 2. The Bertz CT molecular complexity index is 1250. The lowest BCUT2D eigenvalue weighted by Crippen LogP contribution is -2.13. The number of hydrogen-bond acceptors (Lipinski definition) is 3. The molecule has 0 atom stereocenters. The van der Waals surface area contributed by atoms with Crippen LogP contribution in [0.5, 0.6) is 5.75 Å². The second-order valence-electron chi connectivity index (χ2n) is 7.00. The largest absolute Gasteiger partial charge is 0.497 e. The first-order chi connectivity index (χ1) is 14.6. The van der Waals surface area contributed by atoms with Gasteiger partial charge in [-0.2, -0.15) is 0 Å². The number of carbonyl (C=O) groups is 2. The molecule has 30 heavy (non-hydrogen) atoms. The van der Waals surface area contributed by atoms with E-state index in [1.165, 1.54) is 0 Å². The summed E-state index contributed by atoms with van der Waals surface area (Å²) in [5.41, 5.74) is 3.98. The zero-order chi connectivity index (χ0) is 21.1. The van der Waals surface area contributed by atoms with Crippen LogP contribution in [0.2, 0.25) is 0 Å². The van der Waals surface area contributed by atoms with Gasteiger partial charge in [0.1, 0.15) is 5.75 Å². The van der Waals surface area contributed by atoms with E-state index >= 15 is 0 Å². The van der Waals surface area contributed by atoms with Crippen LogP contribution >= 0.6 is 0 Å². The van der Waals surface area contributed by atoms with E-state index < -0.39 is 0 Å².